The number of carbonyl (C=O) groups excluding carboxylic acids is 1. The smallest absolute Gasteiger partial charge is 0.170 e. The van der Waals surface area contributed by atoms with E-state index in [4.69, 9.17) is 0 Å². The van der Waals surface area contributed by atoms with Crippen molar-refractivity contribution in [1.82, 2.24) is 0 Å². The summed E-state index contributed by atoms with van der Waals surface area (Å²) in [5.74, 6) is 3.23. The molecular weight excluding hydrogens is 244 g/mol. The van der Waals surface area contributed by atoms with E-state index in [0.29, 0.717) is 35.4 Å². The van der Waals surface area contributed by atoms with Crippen LogP contribution in [0.2, 0.25) is 0 Å². The third-order valence-electron chi connectivity index (χ3n) is 6.36. The fourth-order valence-corrected chi connectivity index (χ4v) is 5.82. The van der Waals surface area contributed by atoms with Gasteiger partial charge in [-0.05, 0) is 42.4 Å². The van der Waals surface area contributed by atoms with Gasteiger partial charge in [-0.1, -0.05) is 54.6 Å². The number of benzene rings is 1. The van der Waals surface area contributed by atoms with Crippen LogP contribution < -0.4 is 0 Å². The van der Waals surface area contributed by atoms with Crippen LogP contribution in [0.1, 0.15) is 23.2 Å². The molecular formula is C19H18O. The van der Waals surface area contributed by atoms with Gasteiger partial charge in [0.2, 0.25) is 0 Å². The standard InChI is InChI=1S/C19H18O/c20-18(12-4-2-1-3-5-12)19-15-8-6-13(10-15)17(19)14-7-9-16(19)11-14/h1-9,13-17H,10-11H2/t13-,14+,15+,16-,17?,19?. The van der Waals surface area contributed by atoms with Crippen LogP contribution >= 0.6 is 0 Å². The SMILES string of the molecule is O=C(c1ccccc1)C12C([C@@H]3C=C[C@H]1C3)[C@H]1C=C[C@@H]2C1. The topological polar surface area (TPSA) is 17.1 Å². The third-order valence-corrected chi connectivity index (χ3v) is 6.36. The van der Waals surface area contributed by atoms with E-state index < -0.39 is 0 Å². The lowest BCUT2D eigenvalue weighted by molar-refractivity contribution is 0.0576. The van der Waals surface area contributed by atoms with E-state index in [9.17, 15) is 4.79 Å². The molecule has 2 saturated carbocycles. The first kappa shape index (κ1) is 11.1. The van der Waals surface area contributed by atoms with Crippen molar-refractivity contribution >= 4 is 5.78 Å². The van der Waals surface area contributed by atoms with Gasteiger partial charge in [0.1, 0.15) is 0 Å². The Labute approximate surface area is 119 Å². The third kappa shape index (κ3) is 1.06. The summed E-state index contributed by atoms with van der Waals surface area (Å²) in [5.41, 5.74) is 0.805. The van der Waals surface area contributed by atoms with Gasteiger partial charge in [0.05, 0.1) is 5.41 Å². The van der Waals surface area contributed by atoms with E-state index in [1.54, 1.807) is 0 Å². The number of fused-ring (bicyclic) bond motifs is 9. The zero-order chi connectivity index (χ0) is 13.3. The van der Waals surface area contributed by atoms with Crippen molar-refractivity contribution in [3.05, 3.63) is 60.2 Å². The highest BCUT2D eigenvalue weighted by Crippen LogP contribution is 2.71. The van der Waals surface area contributed by atoms with Gasteiger partial charge in [0.15, 0.2) is 5.78 Å². The van der Waals surface area contributed by atoms with Gasteiger partial charge in [0.25, 0.3) is 0 Å². The van der Waals surface area contributed by atoms with E-state index in [1.807, 2.05) is 30.3 Å². The Kier molecular flexibility index (Phi) is 1.95. The second-order valence-electron chi connectivity index (χ2n) is 6.94. The van der Waals surface area contributed by atoms with Crippen LogP contribution in [0.3, 0.4) is 0 Å². The Hall–Kier alpha value is -1.63. The zero-order valence-electron chi connectivity index (χ0n) is 11.4. The van der Waals surface area contributed by atoms with Gasteiger partial charge in [-0.2, -0.15) is 0 Å². The molecule has 0 radical (unpaired) electrons. The van der Waals surface area contributed by atoms with Gasteiger partial charge in [-0.25, -0.2) is 0 Å². The Morgan fingerprint density at radius 1 is 0.900 bits per heavy atom. The number of ketones is 1. The maximum absolute atomic E-state index is 13.4. The summed E-state index contributed by atoms with van der Waals surface area (Å²) in [7, 11) is 0. The molecule has 0 amide bonds. The first-order chi connectivity index (χ1) is 9.81. The van der Waals surface area contributed by atoms with Crippen molar-refractivity contribution in [3.63, 3.8) is 0 Å². The lowest BCUT2D eigenvalue weighted by Crippen LogP contribution is -2.45. The quantitative estimate of drug-likeness (QED) is 0.449. The Balaban J connectivity index is 1.69. The van der Waals surface area contributed by atoms with Crippen LogP contribution in [-0.2, 0) is 0 Å². The average Bonchev–Trinajstić information content (AvgIpc) is 3.25. The molecule has 0 aromatic heterocycles. The summed E-state index contributed by atoms with van der Waals surface area (Å²) in [6, 6.07) is 9.97. The summed E-state index contributed by atoms with van der Waals surface area (Å²) in [4.78, 5) is 13.4. The van der Waals surface area contributed by atoms with Crippen LogP contribution in [0, 0.1) is 35.0 Å². The zero-order valence-corrected chi connectivity index (χ0v) is 11.4. The van der Waals surface area contributed by atoms with E-state index in [1.165, 1.54) is 12.8 Å². The van der Waals surface area contributed by atoms with Crippen LogP contribution in [0.15, 0.2) is 54.6 Å². The van der Waals surface area contributed by atoms with Crippen molar-refractivity contribution in [3.8, 4) is 0 Å². The molecule has 2 fully saturated rings. The van der Waals surface area contributed by atoms with Gasteiger partial charge in [-0.15, -0.1) is 0 Å². The molecule has 1 aromatic carbocycles. The van der Waals surface area contributed by atoms with E-state index >= 15 is 0 Å². The Morgan fingerprint density at radius 2 is 1.50 bits per heavy atom. The minimum atomic E-state index is -0.111. The van der Waals surface area contributed by atoms with Crippen molar-refractivity contribution in [2.24, 2.45) is 35.0 Å². The van der Waals surface area contributed by atoms with E-state index in [2.05, 4.69) is 24.3 Å². The molecule has 0 saturated heterocycles. The number of carbonyl (C=O) groups is 1. The molecule has 100 valence electrons. The van der Waals surface area contributed by atoms with Crippen molar-refractivity contribution < 1.29 is 4.79 Å². The molecule has 20 heavy (non-hydrogen) atoms. The molecule has 2 unspecified atom stereocenters. The summed E-state index contributed by atoms with van der Waals surface area (Å²) in [6.07, 6.45) is 11.9. The van der Waals surface area contributed by atoms with Crippen LogP contribution in [0.25, 0.3) is 0 Å². The number of Topliss-reactive ketones (excluding diaryl/α,β-unsaturated/α-hetero) is 1. The number of rotatable bonds is 2. The first-order valence-electron chi connectivity index (χ1n) is 7.78. The second-order valence-corrected chi connectivity index (χ2v) is 6.94. The summed E-state index contributed by atoms with van der Waals surface area (Å²) in [5, 5.41) is 0. The molecule has 0 heterocycles. The highest BCUT2D eigenvalue weighted by Gasteiger charge is 2.69. The van der Waals surface area contributed by atoms with Crippen molar-refractivity contribution in [2.45, 2.75) is 12.8 Å². The molecule has 0 N–H and O–H groups in total. The highest BCUT2D eigenvalue weighted by atomic mass is 16.1. The minimum Gasteiger partial charge on any atom is -0.293 e. The molecule has 4 aliphatic rings. The predicted molar refractivity (Wildman–Crippen MR) is 78.2 cm³/mol. The molecule has 1 aromatic rings. The van der Waals surface area contributed by atoms with Crippen molar-refractivity contribution in [2.75, 3.05) is 0 Å². The van der Waals surface area contributed by atoms with E-state index in [0.717, 1.165) is 5.56 Å². The summed E-state index contributed by atoms with van der Waals surface area (Å²) < 4.78 is 0. The average molecular weight is 262 g/mol. The molecule has 6 atom stereocenters. The number of hydrogen-bond acceptors (Lipinski definition) is 1. The van der Waals surface area contributed by atoms with Crippen LogP contribution in [-0.4, -0.2) is 5.78 Å². The monoisotopic (exact) mass is 262 g/mol. The molecule has 0 spiro atoms. The molecule has 5 rings (SSSR count). The van der Waals surface area contributed by atoms with Gasteiger partial charge >= 0.3 is 0 Å². The number of allylic oxidation sites excluding steroid dienone is 4. The maximum atomic E-state index is 13.4. The highest BCUT2D eigenvalue weighted by molar-refractivity contribution is 6.02. The predicted octanol–water partition coefficient (Wildman–Crippen LogP) is 3.88. The lowest BCUT2D eigenvalue weighted by atomic mass is 9.59. The number of hydrogen-bond donors (Lipinski definition) is 0. The normalized spacial score (nSPS) is 46.1. The fraction of sp³-hybridized carbons (Fsp3) is 0.421. The van der Waals surface area contributed by atoms with Crippen LogP contribution in [0.4, 0.5) is 0 Å². The first-order valence-corrected chi connectivity index (χ1v) is 7.78. The molecule has 4 bridgehead atoms. The van der Waals surface area contributed by atoms with Gasteiger partial charge < -0.3 is 0 Å². The van der Waals surface area contributed by atoms with Crippen molar-refractivity contribution in [1.29, 1.82) is 0 Å². The summed E-state index contributed by atoms with van der Waals surface area (Å²) in [6.45, 7) is 0. The maximum Gasteiger partial charge on any atom is 0.170 e. The fourth-order valence-electron chi connectivity index (χ4n) is 5.82. The van der Waals surface area contributed by atoms with E-state index in [-0.39, 0.29) is 5.41 Å². The molecule has 0 aliphatic heterocycles. The van der Waals surface area contributed by atoms with Gasteiger partial charge in [-0.3, -0.25) is 4.79 Å². The van der Waals surface area contributed by atoms with Gasteiger partial charge in [0, 0.05) is 5.56 Å². The molecule has 1 heteroatoms. The lowest BCUT2D eigenvalue weighted by Gasteiger charge is -2.42. The molecule has 1 nitrogen and oxygen atoms in total. The minimum absolute atomic E-state index is 0.111. The van der Waals surface area contributed by atoms with Crippen LogP contribution in [0.5, 0.6) is 0 Å². The molecule has 4 aliphatic carbocycles. The Bertz CT molecular complexity index is 611. The largest absolute Gasteiger partial charge is 0.293 e. The Morgan fingerprint density at radius 3 is 2.10 bits per heavy atom. The second kappa shape index (κ2) is 3.52. The summed E-state index contributed by atoms with van der Waals surface area (Å²) >= 11 is 0.